The summed E-state index contributed by atoms with van der Waals surface area (Å²) in [5.41, 5.74) is -0.666. The second-order valence-corrected chi connectivity index (χ2v) is 5.29. The van der Waals surface area contributed by atoms with E-state index in [0.29, 0.717) is 25.4 Å². The Morgan fingerprint density at radius 1 is 1.41 bits per heavy atom. The molecule has 3 N–H and O–H groups in total. The van der Waals surface area contributed by atoms with E-state index in [1.807, 2.05) is 6.92 Å². The van der Waals surface area contributed by atoms with Crippen molar-refractivity contribution in [2.75, 3.05) is 19.6 Å². The Kier molecular flexibility index (Phi) is 5.92. The molecule has 0 saturated heterocycles. The summed E-state index contributed by atoms with van der Waals surface area (Å²) in [7, 11) is 0. The maximum Gasteiger partial charge on any atom is 0.221 e. The molecule has 4 heteroatoms. The molecule has 4 nitrogen and oxygen atoms in total. The maximum atomic E-state index is 11.5. The van der Waals surface area contributed by atoms with Gasteiger partial charge in [0.2, 0.25) is 5.91 Å². The van der Waals surface area contributed by atoms with E-state index < -0.39 is 5.60 Å². The Hall–Kier alpha value is -0.610. The molecule has 0 spiro atoms. The standard InChI is InChI=1S/C13H26N2O2/c1-3-14-9-6-12(16)15-10-13(17)7-4-11(2)5-8-13/h11,14,17H,3-10H2,1-2H3,(H,15,16). The molecule has 0 aromatic heterocycles. The Balaban J connectivity index is 2.18. The van der Waals surface area contributed by atoms with Crippen LogP contribution in [0.2, 0.25) is 0 Å². The third-order valence-corrected chi connectivity index (χ3v) is 3.60. The zero-order valence-electron chi connectivity index (χ0n) is 11.1. The lowest BCUT2D eigenvalue weighted by Crippen LogP contribution is -2.45. The van der Waals surface area contributed by atoms with Crippen LogP contribution >= 0.6 is 0 Å². The van der Waals surface area contributed by atoms with Crippen molar-refractivity contribution in [2.45, 2.75) is 51.6 Å². The van der Waals surface area contributed by atoms with E-state index in [1.165, 1.54) is 0 Å². The molecule has 0 radical (unpaired) electrons. The number of rotatable bonds is 6. The van der Waals surface area contributed by atoms with Crippen molar-refractivity contribution in [3.05, 3.63) is 0 Å². The van der Waals surface area contributed by atoms with Crippen LogP contribution in [0, 0.1) is 5.92 Å². The highest BCUT2D eigenvalue weighted by atomic mass is 16.3. The topological polar surface area (TPSA) is 61.4 Å². The average molecular weight is 242 g/mol. The van der Waals surface area contributed by atoms with E-state index in [-0.39, 0.29) is 5.91 Å². The monoisotopic (exact) mass is 242 g/mol. The number of hydrogen-bond donors (Lipinski definition) is 3. The van der Waals surface area contributed by atoms with Crippen molar-refractivity contribution in [1.29, 1.82) is 0 Å². The van der Waals surface area contributed by atoms with Crippen molar-refractivity contribution < 1.29 is 9.90 Å². The highest BCUT2D eigenvalue weighted by molar-refractivity contribution is 5.76. The predicted molar refractivity (Wildman–Crippen MR) is 68.8 cm³/mol. The summed E-state index contributed by atoms with van der Waals surface area (Å²) in [6, 6.07) is 0. The van der Waals surface area contributed by atoms with Gasteiger partial charge in [0.15, 0.2) is 0 Å². The van der Waals surface area contributed by atoms with E-state index in [2.05, 4.69) is 17.6 Å². The number of carbonyl (C=O) groups is 1. The first-order chi connectivity index (χ1) is 8.06. The summed E-state index contributed by atoms with van der Waals surface area (Å²) in [6.45, 7) is 6.23. The van der Waals surface area contributed by atoms with E-state index in [4.69, 9.17) is 0 Å². The summed E-state index contributed by atoms with van der Waals surface area (Å²) in [5.74, 6) is 0.734. The fourth-order valence-corrected chi connectivity index (χ4v) is 2.21. The highest BCUT2D eigenvalue weighted by Crippen LogP contribution is 2.31. The first-order valence-electron chi connectivity index (χ1n) is 6.75. The summed E-state index contributed by atoms with van der Waals surface area (Å²) < 4.78 is 0. The molecule has 0 aromatic carbocycles. The van der Waals surface area contributed by atoms with Gasteiger partial charge in [-0.1, -0.05) is 13.8 Å². The number of carbonyl (C=O) groups excluding carboxylic acids is 1. The van der Waals surface area contributed by atoms with Crippen LogP contribution in [0.1, 0.15) is 46.0 Å². The molecule has 0 atom stereocenters. The quantitative estimate of drug-likeness (QED) is 0.610. The normalized spacial score (nSPS) is 29.0. The van der Waals surface area contributed by atoms with Gasteiger partial charge in [0.25, 0.3) is 0 Å². The zero-order chi connectivity index (χ0) is 12.7. The summed E-state index contributed by atoms with van der Waals surface area (Å²) >= 11 is 0. The van der Waals surface area contributed by atoms with Crippen molar-refractivity contribution in [3.63, 3.8) is 0 Å². The molecule has 17 heavy (non-hydrogen) atoms. The molecular formula is C13H26N2O2. The molecule has 1 aliphatic carbocycles. The highest BCUT2D eigenvalue weighted by Gasteiger charge is 2.31. The fraction of sp³-hybridized carbons (Fsp3) is 0.923. The van der Waals surface area contributed by atoms with Crippen LogP contribution < -0.4 is 10.6 Å². The molecule has 1 rings (SSSR count). The SMILES string of the molecule is CCNCCC(=O)NCC1(O)CCC(C)CC1. The zero-order valence-corrected chi connectivity index (χ0v) is 11.1. The lowest BCUT2D eigenvalue weighted by Gasteiger charge is -2.34. The van der Waals surface area contributed by atoms with Gasteiger partial charge in [0, 0.05) is 19.5 Å². The Labute approximate surface area is 104 Å². The lowest BCUT2D eigenvalue weighted by molar-refractivity contribution is -0.122. The van der Waals surface area contributed by atoms with Crippen molar-refractivity contribution in [1.82, 2.24) is 10.6 Å². The molecular weight excluding hydrogens is 216 g/mol. The minimum Gasteiger partial charge on any atom is -0.388 e. The Morgan fingerprint density at radius 3 is 2.65 bits per heavy atom. The van der Waals surface area contributed by atoms with Gasteiger partial charge in [0.1, 0.15) is 0 Å². The van der Waals surface area contributed by atoms with Crippen LogP contribution in [-0.4, -0.2) is 36.2 Å². The van der Waals surface area contributed by atoms with E-state index >= 15 is 0 Å². The minimum absolute atomic E-state index is 0.0259. The molecule has 0 unspecified atom stereocenters. The molecule has 100 valence electrons. The fourth-order valence-electron chi connectivity index (χ4n) is 2.21. The van der Waals surface area contributed by atoms with Crippen molar-refractivity contribution in [2.24, 2.45) is 5.92 Å². The van der Waals surface area contributed by atoms with Crippen LogP contribution in [0.4, 0.5) is 0 Å². The first-order valence-corrected chi connectivity index (χ1v) is 6.75. The third-order valence-electron chi connectivity index (χ3n) is 3.60. The van der Waals surface area contributed by atoms with Crippen molar-refractivity contribution in [3.8, 4) is 0 Å². The van der Waals surface area contributed by atoms with Crippen LogP contribution in [-0.2, 0) is 4.79 Å². The third kappa shape index (κ3) is 5.50. The van der Waals surface area contributed by atoms with Crippen LogP contribution in [0.5, 0.6) is 0 Å². The second kappa shape index (κ2) is 6.97. The van der Waals surface area contributed by atoms with Gasteiger partial charge in [-0.3, -0.25) is 4.79 Å². The minimum atomic E-state index is -0.666. The molecule has 1 aliphatic rings. The van der Waals surface area contributed by atoms with Gasteiger partial charge in [-0.05, 0) is 38.1 Å². The second-order valence-electron chi connectivity index (χ2n) is 5.29. The maximum absolute atomic E-state index is 11.5. The summed E-state index contributed by atoms with van der Waals surface area (Å²) in [4.78, 5) is 11.5. The van der Waals surface area contributed by atoms with E-state index in [1.54, 1.807) is 0 Å². The molecule has 1 saturated carbocycles. The average Bonchev–Trinajstić information content (AvgIpc) is 2.32. The summed E-state index contributed by atoms with van der Waals surface area (Å²) in [6.07, 6.45) is 4.22. The van der Waals surface area contributed by atoms with Crippen LogP contribution in [0.25, 0.3) is 0 Å². The first kappa shape index (κ1) is 14.5. The molecule has 0 aliphatic heterocycles. The molecule has 0 aromatic rings. The molecule has 0 heterocycles. The molecule has 0 bridgehead atoms. The van der Waals surface area contributed by atoms with Crippen LogP contribution in [0.15, 0.2) is 0 Å². The van der Waals surface area contributed by atoms with Gasteiger partial charge < -0.3 is 15.7 Å². The van der Waals surface area contributed by atoms with Crippen molar-refractivity contribution >= 4 is 5.91 Å². The molecule has 1 fully saturated rings. The van der Waals surface area contributed by atoms with Gasteiger partial charge in [-0.2, -0.15) is 0 Å². The van der Waals surface area contributed by atoms with Gasteiger partial charge >= 0.3 is 0 Å². The lowest BCUT2D eigenvalue weighted by atomic mass is 9.79. The number of hydrogen-bond acceptors (Lipinski definition) is 3. The van der Waals surface area contributed by atoms with Gasteiger partial charge in [0.05, 0.1) is 5.60 Å². The number of amides is 1. The number of aliphatic hydroxyl groups is 1. The van der Waals surface area contributed by atoms with E-state index in [9.17, 15) is 9.90 Å². The largest absolute Gasteiger partial charge is 0.388 e. The predicted octanol–water partition coefficient (Wildman–Crippen LogP) is 1.04. The smallest absolute Gasteiger partial charge is 0.221 e. The van der Waals surface area contributed by atoms with Crippen LogP contribution in [0.3, 0.4) is 0 Å². The van der Waals surface area contributed by atoms with Gasteiger partial charge in [-0.25, -0.2) is 0 Å². The Morgan fingerprint density at radius 2 is 2.06 bits per heavy atom. The molecule has 1 amide bonds. The van der Waals surface area contributed by atoms with Gasteiger partial charge in [-0.15, -0.1) is 0 Å². The number of nitrogens with one attached hydrogen (secondary N) is 2. The van der Waals surface area contributed by atoms with E-state index in [0.717, 1.165) is 32.2 Å². The Bertz CT molecular complexity index is 236. The summed E-state index contributed by atoms with van der Waals surface area (Å²) in [5, 5.41) is 16.2.